The van der Waals surface area contributed by atoms with Crippen molar-refractivity contribution in [1.29, 1.82) is 0 Å². The van der Waals surface area contributed by atoms with Gasteiger partial charge in [0.1, 0.15) is 12.7 Å². The molecule has 0 radical (unpaired) electrons. The highest BCUT2D eigenvalue weighted by Crippen LogP contribution is 2.25. The highest BCUT2D eigenvalue weighted by molar-refractivity contribution is 7.92. The van der Waals surface area contributed by atoms with E-state index in [1.807, 2.05) is 38.1 Å². The van der Waals surface area contributed by atoms with Crippen molar-refractivity contribution in [2.24, 2.45) is 0 Å². The number of nitrogens with one attached hydrogen (secondary N) is 1. The maximum Gasteiger partial charge on any atom is 0.264 e. The zero-order chi connectivity index (χ0) is 24.1. The first-order valence-corrected chi connectivity index (χ1v) is 12.2. The second-order valence-electron chi connectivity index (χ2n) is 7.91. The maximum absolute atomic E-state index is 13.4. The first-order chi connectivity index (χ1) is 16.3. The first kappa shape index (κ1) is 23.2. The number of nitrogens with zero attached hydrogens (tertiary/aromatic N) is 4. The number of carbonyl (C=O) groups is 1. The molecule has 34 heavy (non-hydrogen) atoms. The van der Waals surface area contributed by atoms with Gasteiger partial charge in [0.25, 0.3) is 10.0 Å². The Morgan fingerprint density at radius 3 is 2.12 bits per heavy atom. The van der Waals surface area contributed by atoms with Crippen LogP contribution in [0.1, 0.15) is 17.5 Å². The summed E-state index contributed by atoms with van der Waals surface area (Å²) in [4.78, 5) is 16.8. The molecule has 0 bridgehead atoms. The quantitative estimate of drug-likeness (QED) is 0.414. The van der Waals surface area contributed by atoms with E-state index in [1.165, 1.54) is 10.6 Å². The molecule has 1 aromatic heterocycles. The highest BCUT2D eigenvalue weighted by atomic mass is 32.2. The fourth-order valence-electron chi connectivity index (χ4n) is 3.40. The Balaban J connectivity index is 1.49. The van der Waals surface area contributed by atoms with Gasteiger partial charge >= 0.3 is 0 Å². The molecule has 4 rings (SSSR count). The average Bonchev–Trinajstić information content (AvgIpc) is 3.36. The summed E-state index contributed by atoms with van der Waals surface area (Å²) in [5.74, 6) is -0.287. The number of anilines is 2. The zero-order valence-corrected chi connectivity index (χ0v) is 19.7. The predicted octanol–water partition coefficient (Wildman–Crippen LogP) is 4.11. The summed E-state index contributed by atoms with van der Waals surface area (Å²) in [6, 6.07) is 21.0. The van der Waals surface area contributed by atoms with Crippen molar-refractivity contribution in [1.82, 2.24) is 14.8 Å². The van der Waals surface area contributed by atoms with Gasteiger partial charge in [0.15, 0.2) is 0 Å². The van der Waals surface area contributed by atoms with E-state index in [-0.39, 0.29) is 23.8 Å². The monoisotopic (exact) mass is 475 g/mol. The van der Waals surface area contributed by atoms with Crippen molar-refractivity contribution in [3.63, 3.8) is 0 Å². The van der Waals surface area contributed by atoms with Gasteiger partial charge in [-0.05, 0) is 62.4 Å². The van der Waals surface area contributed by atoms with E-state index in [4.69, 9.17) is 0 Å². The molecule has 0 aliphatic carbocycles. The smallest absolute Gasteiger partial charge is 0.264 e. The molecule has 0 aliphatic rings. The van der Waals surface area contributed by atoms with E-state index in [9.17, 15) is 13.2 Å². The third-order valence-corrected chi connectivity index (χ3v) is 7.15. The van der Waals surface area contributed by atoms with Crippen LogP contribution < -0.4 is 9.62 Å². The second-order valence-corrected chi connectivity index (χ2v) is 9.77. The van der Waals surface area contributed by atoms with Gasteiger partial charge in [0.05, 0.1) is 16.3 Å². The normalized spacial score (nSPS) is 11.2. The average molecular weight is 476 g/mol. The summed E-state index contributed by atoms with van der Waals surface area (Å²) in [5, 5.41) is 6.89. The molecule has 1 N–H and O–H groups in total. The number of sulfonamides is 1. The Labute approximate surface area is 198 Å². The van der Waals surface area contributed by atoms with Gasteiger partial charge in [-0.2, -0.15) is 5.10 Å². The molecule has 0 saturated carbocycles. The van der Waals surface area contributed by atoms with Gasteiger partial charge in [-0.15, -0.1) is 0 Å². The molecule has 0 saturated heterocycles. The molecule has 1 amide bonds. The lowest BCUT2D eigenvalue weighted by Crippen LogP contribution is -2.34. The van der Waals surface area contributed by atoms with Gasteiger partial charge in [0.2, 0.25) is 5.91 Å². The number of rotatable bonds is 8. The molecule has 174 valence electrons. The molecule has 3 aromatic carbocycles. The number of amides is 1. The molecule has 0 fully saturated rings. The summed E-state index contributed by atoms with van der Waals surface area (Å²) >= 11 is 0. The van der Waals surface area contributed by atoms with Gasteiger partial charge < -0.3 is 5.32 Å². The topological polar surface area (TPSA) is 97.2 Å². The van der Waals surface area contributed by atoms with E-state index in [1.54, 1.807) is 59.5 Å². The van der Waals surface area contributed by atoms with Crippen LogP contribution in [0.2, 0.25) is 0 Å². The summed E-state index contributed by atoms with van der Waals surface area (Å²) in [5.41, 5.74) is 3.91. The molecule has 0 aliphatic heterocycles. The molecule has 0 unspecified atom stereocenters. The van der Waals surface area contributed by atoms with Crippen LogP contribution in [0.15, 0.2) is 90.3 Å². The molecular weight excluding hydrogens is 450 g/mol. The molecule has 4 aromatic rings. The number of aromatic nitrogens is 3. The lowest BCUT2D eigenvalue weighted by atomic mass is 10.2. The Morgan fingerprint density at radius 1 is 0.912 bits per heavy atom. The number of benzene rings is 3. The summed E-state index contributed by atoms with van der Waals surface area (Å²) in [7, 11) is -3.85. The van der Waals surface area contributed by atoms with Gasteiger partial charge in [-0.1, -0.05) is 35.4 Å². The van der Waals surface area contributed by atoms with Crippen molar-refractivity contribution < 1.29 is 13.2 Å². The Hall–Kier alpha value is -3.98. The Kier molecular flexibility index (Phi) is 6.74. The lowest BCUT2D eigenvalue weighted by Gasteiger charge is -2.24. The van der Waals surface area contributed by atoms with E-state index < -0.39 is 10.0 Å². The lowest BCUT2D eigenvalue weighted by molar-refractivity contribution is -0.116. The van der Waals surface area contributed by atoms with E-state index in [0.717, 1.165) is 16.8 Å². The second kappa shape index (κ2) is 9.88. The molecule has 9 heteroatoms. The SMILES string of the molecule is Cc1ccc(N(CCC(=O)Nc2ccc(-n3cncn3)cc2)S(=O)(=O)c2ccc(C)cc2)cc1. The van der Waals surface area contributed by atoms with Crippen LogP contribution >= 0.6 is 0 Å². The fourth-order valence-corrected chi connectivity index (χ4v) is 4.87. The Morgan fingerprint density at radius 2 is 1.53 bits per heavy atom. The Bertz CT molecular complexity index is 1350. The highest BCUT2D eigenvalue weighted by Gasteiger charge is 2.25. The standard InChI is InChI=1S/C25H25N5O3S/c1-19-3-9-23(10-4-19)30(34(32,33)24-13-5-20(2)6-14-24)16-15-25(31)28-21-7-11-22(12-8-21)29-18-26-17-27-29/h3-14,17-18H,15-16H2,1-2H3,(H,28,31). The minimum absolute atomic E-state index is 0.00213. The van der Waals surface area contributed by atoms with Crippen LogP contribution in [0.25, 0.3) is 5.69 Å². The minimum atomic E-state index is -3.85. The molecule has 8 nitrogen and oxygen atoms in total. The van der Waals surface area contributed by atoms with Gasteiger partial charge in [-0.25, -0.2) is 18.1 Å². The largest absolute Gasteiger partial charge is 0.326 e. The van der Waals surface area contributed by atoms with Crippen molar-refractivity contribution in [3.8, 4) is 5.69 Å². The summed E-state index contributed by atoms with van der Waals surface area (Å²) < 4.78 is 29.8. The molecule has 0 spiro atoms. The summed E-state index contributed by atoms with van der Waals surface area (Å²) in [6.07, 6.45) is 3.02. The fraction of sp³-hybridized carbons (Fsp3) is 0.160. The van der Waals surface area contributed by atoms with Crippen LogP contribution in [0, 0.1) is 13.8 Å². The van der Waals surface area contributed by atoms with E-state index in [2.05, 4.69) is 15.4 Å². The van der Waals surface area contributed by atoms with Crippen LogP contribution in [0.4, 0.5) is 11.4 Å². The van der Waals surface area contributed by atoms with Crippen molar-refractivity contribution >= 4 is 27.3 Å². The third kappa shape index (κ3) is 5.32. The molecule has 1 heterocycles. The van der Waals surface area contributed by atoms with Crippen LogP contribution in [-0.4, -0.2) is 35.6 Å². The number of hydrogen-bond acceptors (Lipinski definition) is 5. The number of hydrogen-bond donors (Lipinski definition) is 1. The van der Waals surface area contributed by atoms with E-state index >= 15 is 0 Å². The summed E-state index contributed by atoms with van der Waals surface area (Å²) in [6.45, 7) is 3.84. The zero-order valence-electron chi connectivity index (χ0n) is 18.9. The van der Waals surface area contributed by atoms with Crippen LogP contribution in [0.5, 0.6) is 0 Å². The van der Waals surface area contributed by atoms with Crippen molar-refractivity contribution in [3.05, 3.63) is 96.6 Å². The first-order valence-electron chi connectivity index (χ1n) is 10.7. The maximum atomic E-state index is 13.4. The van der Waals surface area contributed by atoms with E-state index in [0.29, 0.717) is 11.4 Å². The van der Waals surface area contributed by atoms with Gasteiger partial charge in [-0.3, -0.25) is 9.10 Å². The minimum Gasteiger partial charge on any atom is -0.326 e. The molecule has 0 atom stereocenters. The van der Waals surface area contributed by atoms with Gasteiger partial charge in [0, 0.05) is 18.7 Å². The van der Waals surface area contributed by atoms with Crippen molar-refractivity contribution in [2.75, 3.05) is 16.2 Å². The predicted molar refractivity (Wildman–Crippen MR) is 131 cm³/mol. The molecular formula is C25H25N5O3S. The third-order valence-electron chi connectivity index (χ3n) is 5.31. The van der Waals surface area contributed by atoms with Crippen LogP contribution in [-0.2, 0) is 14.8 Å². The van der Waals surface area contributed by atoms with Crippen LogP contribution in [0.3, 0.4) is 0 Å². The number of aryl methyl sites for hydroxylation is 2. The number of carbonyl (C=O) groups excluding carboxylic acids is 1. The van der Waals surface area contributed by atoms with Crippen molar-refractivity contribution in [2.45, 2.75) is 25.2 Å².